The van der Waals surface area contributed by atoms with Crippen LogP contribution in [-0.4, -0.2) is 21.7 Å². The third-order valence-electron chi connectivity index (χ3n) is 4.00. The number of aromatic nitrogens is 2. The molecule has 0 saturated carbocycles. The van der Waals surface area contributed by atoms with E-state index in [1.807, 2.05) is 43.3 Å². The van der Waals surface area contributed by atoms with Crippen LogP contribution in [0.1, 0.15) is 6.92 Å². The smallest absolute Gasteiger partial charge is 0.143 e. The highest BCUT2D eigenvalue weighted by Crippen LogP contribution is 2.38. The highest BCUT2D eigenvalue weighted by molar-refractivity contribution is 7.17. The molecule has 2 N–H and O–H groups in total. The predicted octanol–water partition coefficient (Wildman–Crippen LogP) is 5.21. The van der Waals surface area contributed by atoms with E-state index < -0.39 is 0 Å². The van der Waals surface area contributed by atoms with Gasteiger partial charge < -0.3 is 15.2 Å². The van der Waals surface area contributed by atoms with Crippen molar-refractivity contribution in [2.45, 2.75) is 6.92 Å². The van der Waals surface area contributed by atoms with Crippen molar-refractivity contribution in [3.63, 3.8) is 0 Å². The van der Waals surface area contributed by atoms with E-state index in [0.29, 0.717) is 18.1 Å². The van der Waals surface area contributed by atoms with Crippen LogP contribution in [0.5, 0.6) is 11.5 Å². The molecule has 2 aromatic heterocycles. The molecule has 0 aliphatic rings. The summed E-state index contributed by atoms with van der Waals surface area (Å²) in [5.74, 6) is 1.69. The van der Waals surface area contributed by atoms with Gasteiger partial charge in [-0.15, -0.1) is 11.3 Å². The van der Waals surface area contributed by atoms with Gasteiger partial charge >= 0.3 is 0 Å². The van der Waals surface area contributed by atoms with E-state index in [1.165, 1.54) is 6.33 Å². The quantitative estimate of drug-likeness (QED) is 0.477. The van der Waals surface area contributed by atoms with E-state index in [1.54, 1.807) is 23.5 Å². The maximum atomic E-state index is 10.0. The molecule has 26 heavy (non-hydrogen) atoms. The molecule has 2 aromatic carbocycles. The summed E-state index contributed by atoms with van der Waals surface area (Å²) in [5, 5.41) is 16.3. The first kappa shape index (κ1) is 16.4. The van der Waals surface area contributed by atoms with Gasteiger partial charge in [0.2, 0.25) is 0 Å². The molecule has 0 bridgehead atoms. The lowest BCUT2D eigenvalue weighted by molar-refractivity contribution is 0.340. The van der Waals surface area contributed by atoms with E-state index in [4.69, 9.17) is 4.74 Å². The fraction of sp³-hybridized carbons (Fsp3) is 0.100. The molecular formula is C20H17N3O2S. The Kier molecular flexibility index (Phi) is 4.41. The van der Waals surface area contributed by atoms with Crippen molar-refractivity contribution in [3.05, 3.63) is 60.2 Å². The summed E-state index contributed by atoms with van der Waals surface area (Å²) in [6.07, 6.45) is 1.53. The summed E-state index contributed by atoms with van der Waals surface area (Å²) in [7, 11) is 0. The summed E-state index contributed by atoms with van der Waals surface area (Å²) in [6.45, 7) is 2.61. The molecule has 5 nitrogen and oxygen atoms in total. The molecule has 0 radical (unpaired) electrons. The molecule has 0 spiro atoms. The van der Waals surface area contributed by atoms with Crippen molar-refractivity contribution in [2.75, 3.05) is 11.9 Å². The number of thiophene rings is 1. The Balaban J connectivity index is 1.78. The third-order valence-corrected chi connectivity index (χ3v) is 4.89. The average molecular weight is 363 g/mol. The van der Waals surface area contributed by atoms with Crippen molar-refractivity contribution in [2.24, 2.45) is 0 Å². The number of aromatic hydroxyl groups is 1. The van der Waals surface area contributed by atoms with Crippen LogP contribution >= 0.6 is 11.3 Å². The molecule has 0 atom stereocenters. The minimum absolute atomic E-state index is 0.178. The predicted molar refractivity (Wildman–Crippen MR) is 105 cm³/mol. The molecule has 6 heteroatoms. The van der Waals surface area contributed by atoms with Gasteiger partial charge in [-0.25, -0.2) is 9.97 Å². The summed E-state index contributed by atoms with van der Waals surface area (Å²) in [6, 6.07) is 15.1. The molecule has 0 amide bonds. The lowest BCUT2D eigenvalue weighted by Crippen LogP contribution is -1.96. The van der Waals surface area contributed by atoms with E-state index in [9.17, 15) is 5.11 Å². The molecular weight excluding hydrogens is 346 g/mol. The van der Waals surface area contributed by atoms with Gasteiger partial charge in [-0.05, 0) is 36.8 Å². The van der Waals surface area contributed by atoms with Crippen LogP contribution < -0.4 is 10.1 Å². The molecule has 130 valence electrons. The number of nitrogens with zero attached hydrogens (tertiary/aromatic N) is 2. The van der Waals surface area contributed by atoms with Crippen LogP contribution in [0.25, 0.3) is 21.3 Å². The second-order valence-electron chi connectivity index (χ2n) is 5.65. The topological polar surface area (TPSA) is 67.3 Å². The van der Waals surface area contributed by atoms with Gasteiger partial charge in [-0.1, -0.05) is 24.3 Å². The van der Waals surface area contributed by atoms with E-state index in [0.717, 1.165) is 27.1 Å². The fourth-order valence-corrected chi connectivity index (χ4v) is 3.70. The molecule has 4 aromatic rings. The Morgan fingerprint density at radius 3 is 2.65 bits per heavy atom. The van der Waals surface area contributed by atoms with E-state index in [2.05, 4.69) is 20.7 Å². The number of benzene rings is 2. The minimum Gasteiger partial charge on any atom is -0.506 e. The number of hydrogen-bond acceptors (Lipinski definition) is 6. The van der Waals surface area contributed by atoms with Gasteiger partial charge in [0.15, 0.2) is 0 Å². The van der Waals surface area contributed by atoms with Gasteiger partial charge in [0.25, 0.3) is 0 Å². The minimum atomic E-state index is 0.178. The van der Waals surface area contributed by atoms with Crippen molar-refractivity contribution in [1.29, 1.82) is 0 Å². The standard InChI is InChI=1S/C20H17N3O2S/c1-2-25-14-9-7-13(8-10-14)15-11-26-20-18(15)19(21-12-22-20)23-16-5-3-4-6-17(16)24/h3-12,24H,2H2,1H3,(H,21,22,23). The van der Waals surface area contributed by atoms with Crippen LogP contribution in [-0.2, 0) is 0 Å². The summed E-state index contributed by atoms with van der Waals surface area (Å²) in [4.78, 5) is 9.67. The van der Waals surface area contributed by atoms with Gasteiger partial charge in [-0.2, -0.15) is 0 Å². The van der Waals surface area contributed by atoms with Crippen LogP contribution in [0, 0.1) is 0 Å². The number of hydrogen-bond donors (Lipinski definition) is 2. The molecule has 0 unspecified atom stereocenters. The fourth-order valence-electron chi connectivity index (χ4n) is 2.79. The van der Waals surface area contributed by atoms with Crippen molar-refractivity contribution < 1.29 is 9.84 Å². The van der Waals surface area contributed by atoms with Crippen LogP contribution in [0.4, 0.5) is 11.5 Å². The maximum absolute atomic E-state index is 10.0. The third kappa shape index (κ3) is 3.07. The second kappa shape index (κ2) is 7.01. The molecule has 0 aliphatic carbocycles. The number of para-hydroxylation sites is 2. The normalized spacial score (nSPS) is 10.8. The number of phenols is 1. The van der Waals surface area contributed by atoms with Crippen LogP contribution in [0.2, 0.25) is 0 Å². The van der Waals surface area contributed by atoms with Crippen molar-refractivity contribution >= 4 is 33.1 Å². The average Bonchev–Trinajstić information content (AvgIpc) is 3.10. The van der Waals surface area contributed by atoms with Gasteiger partial charge in [0.1, 0.15) is 28.5 Å². The van der Waals surface area contributed by atoms with Gasteiger partial charge in [-0.3, -0.25) is 0 Å². The van der Waals surface area contributed by atoms with Gasteiger partial charge in [0, 0.05) is 10.9 Å². The van der Waals surface area contributed by atoms with E-state index >= 15 is 0 Å². The molecule has 0 fully saturated rings. The monoisotopic (exact) mass is 363 g/mol. The molecule has 0 aliphatic heterocycles. The number of rotatable bonds is 5. The first-order valence-electron chi connectivity index (χ1n) is 8.26. The Morgan fingerprint density at radius 1 is 1.08 bits per heavy atom. The Morgan fingerprint density at radius 2 is 1.88 bits per heavy atom. The zero-order valence-electron chi connectivity index (χ0n) is 14.1. The lowest BCUT2D eigenvalue weighted by atomic mass is 10.1. The second-order valence-corrected chi connectivity index (χ2v) is 6.51. The van der Waals surface area contributed by atoms with Crippen molar-refractivity contribution in [3.8, 4) is 22.6 Å². The number of anilines is 2. The first-order valence-corrected chi connectivity index (χ1v) is 9.14. The number of nitrogens with one attached hydrogen (secondary N) is 1. The van der Waals surface area contributed by atoms with Gasteiger partial charge in [0.05, 0.1) is 17.7 Å². The largest absolute Gasteiger partial charge is 0.506 e. The molecule has 2 heterocycles. The Bertz CT molecular complexity index is 1040. The molecule has 0 saturated heterocycles. The Hall–Kier alpha value is -3.12. The van der Waals surface area contributed by atoms with Crippen LogP contribution in [0.3, 0.4) is 0 Å². The van der Waals surface area contributed by atoms with E-state index in [-0.39, 0.29) is 5.75 Å². The first-order chi connectivity index (χ1) is 12.8. The maximum Gasteiger partial charge on any atom is 0.143 e. The highest BCUT2D eigenvalue weighted by Gasteiger charge is 2.14. The zero-order valence-corrected chi connectivity index (χ0v) is 15.0. The molecule has 4 rings (SSSR count). The number of phenolic OH excluding ortho intramolecular Hbond substituents is 1. The number of ether oxygens (including phenoxy) is 1. The summed E-state index contributed by atoms with van der Waals surface area (Å²) >= 11 is 1.57. The zero-order chi connectivity index (χ0) is 17.9. The highest BCUT2D eigenvalue weighted by atomic mass is 32.1. The van der Waals surface area contributed by atoms with Crippen molar-refractivity contribution in [1.82, 2.24) is 9.97 Å². The lowest BCUT2D eigenvalue weighted by Gasteiger charge is -2.10. The summed E-state index contributed by atoms with van der Waals surface area (Å²) < 4.78 is 5.52. The number of fused-ring (bicyclic) bond motifs is 1. The summed E-state index contributed by atoms with van der Waals surface area (Å²) in [5.41, 5.74) is 2.72. The SMILES string of the molecule is CCOc1ccc(-c2csc3ncnc(Nc4ccccc4O)c23)cc1. The Labute approximate surface area is 154 Å². The van der Waals surface area contributed by atoms with Crippen LogP contribution in [0.15, 0.2) is 60.2 Å².